The molecule has 0 bridgehead atoms. The Kier molecular flexibility index (Phi) is 4.40. The number of nitriles is 1. The molecule has 0 amide bonds. The van der Waals surface area contributed by atoms with Crippen molar-refractivity contribution < 1.29 is 4.74 Å². The third-order valence-electron chi connectivity index (χ3n) is 3.81. The van der Waals surface area contributed by atoms with Gasteiger partial charge in [0.05, 0.1) is 18.7 Å². The van der Waals surface area contributed by atoms with Crippen LogP contribution in [0.5, 0.6) is 5.75 Å². The molecule has 0 saturated heterocycles. The summed E-state index contributed by atoms with van der Waals surface area (Å²) < 4.78 is 5.27. The minimum atomic E-state index is 0.604. The fourth-order valence-corrected chi connectivity index (χ4v) is 2.59. The normalized spacial score (nSPS) is 10.1. The maximum absolute atomic E-state index is 9.13. The molecule has 0 atom stereocenters. The Labute approximate surface area is 136 Å². The van der Waals surface area contributed by atoms with Gasteiger partial charge in [0.2, 0.25) is 0 Å². The first kappa shape index (κ1) is 14.9. The summed E-state index contributed by atoms with van der Waals surface area (Å²) in [6, 6.07) is 26.6. The van der Waals surface area contributed by atoms with Crippen LogP contribution in [0.1, 0.15) is 16.7 Å². The Morgan fingerprint density at radius 1 is 0.826 bits per heavy atom. The molecule has 0 heterocycles. The van der Waals surface area contributed by atoms with Gasteiger partial charge in [-0.05, 0) is 46.9 Å². The number of methoxy groups -OCH3 is 1. The zero-order valence-electron chi connectivity index (χ0n) is 13.0. The van der Waals surface area contributed by atoms with E-state index in [0.717, 1.165) is 17.5 Å². The van der Waals surface area contributed by atoms with Gasteiger partial charge in [-0.25, -0.2) is 0 Å². The van der Waals surface area contributed by atoms with Crippen molar-refractivity contribution in [2.45, 2.75) is 6.42 Å². The lowest BCUT2D eigenvalue weighted by Gasteiger charge is -2.08. The minimum absolute atomic E-state index is 0.604. The second-order valence-corrected chi connectivity index (χ2v) is 5.42. The molecule has 0 radical (unpaired) electrons. The number of rotatable bonds is 4. The lowest BCUT2D eigenvalue weighted by atomic mass is 9.99. The van der Waals surface area contributed by atoms with Gasteiger partial charge >= 0.3 is 0 Å². The summed E-state index contributed by atoms with van der Waals surface area (Å²) in [7, 11) is 1.61. The molecule has 0 aliphatic carbocycles. The van der Waals surface area contributed by atoms with E-state index in [-0.39, 0.29) is 0 Å². The number of ether oxygens (including phenoxy) is 1. The summed E-state index contributed by atoms with van der Waals surface area (Å²) >= 11 is 0. The van der Waals surface area contributed by atoms with E-state index in [4.69, 9.17) is 10.00 Å². The molecule has 23 heavy (non-hydrogen) atoms. The molecule has 0 unspecified atom stereocenters. The first-order valence-electron chi connectivity index (χ1n) is 7.51. The third kappa shape index (κ3) is 3.59. The number of benzene rings is 3. The monoisotopic (exact) mass is 299 g/mol. The molecular weight excluding hydrogens is 282 g/mol. The van der Waals surface area contributed by atoms with E-state index in [1.807, 2.05) is 18.2 Å². The van der Waals surface area contributed by atoms with E-state index in [1.165, 1.54) is 11.1 Å². The standard InChI is InChI=1S/C21H17NO/c1-23-21-13-18(15-22)12-20(14-21)19-9-7-17(8-10-19)11-16-5-3-2-4-6-16/h2-10,12-14H,11H2,1H3. The van der Waals surface area contributed by atoms with Crippen molar-refractivity contribution in [3.8, 4) is 22.9 Å². The predicted molar refractivity (Wildman–Crippen MR) is 92.4 cm³/mol. The summed E-state index contributed by atoms with van der Waals surface area (Å²) in [6.07, 6.45) is 0.919. The van der Waals surface area contributed by atoms with Crippen LogP contribution in [0.25, 0.3) is 11.1 Å². The Morgan fingerprint density at radius 2 is 1.52 bits per heavy atom. The fourth-order valence-electron chi connectivity index (χ4n) is 2.59. The molecule has 2 heteroatoms. The average molecular weight is 299 g/mol. The largest absolute Gasteiger partial charge is 0.497 e. The molecule has 0 aliphatic rings. The van der Waals surface area contributed by atoms with Crippen LogP contribution in [-0.2, 0) is 6.42 Å². The molecule has 0 N–H and O–H groups in total. The Hall–Kier alpha value is -3.05. The van der Waals surface area contributed by atoms with Crippen LogP contribution in [-0.4, -0.2) is 7.11 Å². The number of nitrogens with zero attached hydrogens (tertiary/aromatic N) is 1. The molecular formula is C21H17NO. The van der Waals surface area contributed by atoms with Crippen molar-refractivity contribution in [2.24, 2.45) is 0 Å². The zero-order valence-corrected chi connectivity index (χ0v) is 13.0. The van der Waals surface area contributed by atoms with Crippen LogP contribution in [0.15, 0.2) is 72.8 Å². The molecule has 0 spiro atoms. The quantitative estimate of drug-likeness (QED) is 0.691. The summed E-state index contributed by atoms with van der Waals surface area (Å²) in [5.41, 5.74) is 5.24. The molecule has 2 nitrogen and oxygen atoms in total. The third-order valence-corrected chi connectivity index (χ3v) is 3.81. The zero-order chi connectivity index (χ0) is 16.1. The van der Waals surface area contributed by atoms with Crippen molar-refractivity contribution in [1.29, 1.82) is 5.26 Å². The average Bonchev–Trinajstić information content (AvgIpc) is 2.62. The van der Waals surface area contributed by atoms with Crippen LogP contribution in [0.4, 0.5) is 0 Å². The highest BCUT2D eigenvalue weighted by Gasteiger charge is 2.04. The highest BCUT2D eigenvalue weighted by molar-refractivity contribution is 5.67. The van der Waals surface area contributed by atoms with Gasteiger partial charge in [0.25, 0.3) is 0 Å². The van der Waals surface area contributed by atoms with Crippen LogP contribution < -0.4 is 4.74 Å². The maximum Gasteiger partial charge on any atom is 0.120 e. The molecule has 3 aromatic carbocycles. The molecule has 3 rings (SSSR count). The van der Waals surface area contributed by atoms with E-state index >= 15 is 0 Å². The predicted octanol–water partition coefficient (Wildman–Crippen LogP) is 4.82. The van der Waals surface area contributed by atoms with E-state index in [9.17, 15) is 0 Å². The van der Waals surface area contributed by atoms with Crippen molar-refractivity contribution in [1.82, 2.24) is 0 Å². The van der Waals surface area contributed by atoms with Gasteiger partial charge in [0.15, 0.2) is 0 Å². The van der Waals surface area contributed by atoms with E-state index in [0.29, 0.717) is 11.3 Å². The molecule has 0 saturated carbocycles. The lowest BCUT2D eigenvalue weighted by molar-refractivity contribution is 0.415. The Bertz CT molecular complexity index is 830. The van der Waals surface area contributed by atoms with Crippen LogP contribution in [0.3, 0.4) is 0 Å². The van der Waals surface area contributed by atoms with Gasteiger partial charge in [-0.15, -0.1) is 0 Å². The number of hydrogen-bond donors (Lipinski definition) is 0. The summed E-state index contributed by atoms with van der Waals surface area (Å²) in [6.45, 7) is 0. The van der Waals surface area contributed by atoms with E-state index in [1.54, 1.807) is 13.2 Å². The summed E-state index contributed by atoms with van der Waals surface area (Å²) in [5, 5.41) is 9.13. The Balaban J connectivity index is 1.86. The van der Waals surface area contributed by atoms with Crippen LogP contribution in [0.2, 0.25) is 0 Å². The smallest absolute Gasteiger partial charge is 0.120 e. The van der Waals surface area contributed by atoms with E-state index in [2.05, 4.69) is 54.6 Å². The van der Waals surface area contributed by atoms with Crippen molar-refractivity contribution in [3.05, 3.63) is 89.5 Å². The molecule has 0 aromatic heterocycles. The van der Waals surface area contributed by atoms with Gasteiger partial charge < -0.3 is 4.74 Å². The fraction of sp³-hybridized carbons (Fsp3) is 0.0952. The minimum Gasteiger partial charge on any atom is -0.497 e. The van der Waals surface area contributed by atoms with Gasteiger partial charge in [0.1, 0.15) is 5.75 Å². The molecule has 0 fully saturated rings. The molecule has 3 aromatic rings. The molecule has 112 valence electrons. The van der Waals surface area contributed by atoms with Gasteiger partial charge in [-0.2, -0.15) is 5.26 Å². The van der Waals surface area contributed by atoms with Crippen molar-refractivity contribution in [3.63, 3.8) is 0 Å². The number of hydrogen-bond acceptors (Lipinski definition) is 2. The first-order valence-corrected chi connectivity index (χ1v) is 7.51. The van der Waals surface area contributed by atoms with Crippen LogP contribution in [0, 0.1) is 11.3 Å². The van der Waals surface area contributed by atoms with Crippen LogP contribution >= 0.6 is 0 Å². The maximum atomic E-state index is 9.13. The lowest BCUT2D eigenvalue weighted by Crippen LogP contribution is -1.89. The summed E-state index contributed by atoms with van der Waals surface area (Å²) in [4.78, 5) is 0. The highest BCUT2D eigenvalue weighted by Crippen LogP contribution is 2.26. The van der Waals surface area contributed by atoms with Gasteiger partial charge in [-0.1, -0.05) is 54.6 Å². The SMILES string of the molecule is COc1cc(C#N)cc(-c2ccc(Cc3ccccc3)cc2)c1. The van der Waals surface area contributed by atoms with Gasteiger partial charge in [0, 0.05) is 0 Å². The first-order chi connectivity index (χ1) is 11.3. The highest BCUT2D eigenvalue weighted by atomic mass is 16.5. The second-order valence-electron chi connectivity index (χ2n) is 5.42. The molecule has 0 aliphatic heterocycles. The van der Waals surface area contributed by atoms with E-state index < -0.39 is 0 Å². The van der Waals surface area contributed by atoms with Gasteiger partial charge in [-0.3, -0.25) is 0 Å². The van der Waals surface area contributed by atoms with Crippen molar-refractivity contribution >= 4 is 0 Å². The second kappa shape index (κ2) is 6.81. The summed E-state index contributed by atoms with van der Waals surface area (Å²) in [5.74, 6) is 0.701. The topological polar surface area (TPSA) is 33.0 Å². The Morgan fingerprint density at radius 3 is 2.17 bits per heavy atom. The van der Waals surface area contributed by atoms with Crippen molar-refractivity contribution in [2.75, 3.05) is 7.11 Å².